The van der Waals surface area contributed by atoms with E-state index in [1.165, 1.54) is 0 Å². The highest BCUT2D eigenvalue weighted by Gasteiger charge is 2.15. The molecule has 0 amide bonds. The summed E-state index contributed by atoms with van der Waals surface area (Å²) in [4.78, 5) is 0. The average Bonchev–Trinajstić information content (AvgIpc) is 2.53. The van der Waals surface area contributed by atoms with Crippen LogP contribution >= 0.6 is 27.5 Å². The zero-order valence-corrected chi connectivity index (χ0v) is 14.4. The number of methoxy groups -OCH3 is 3. The molecule has 0 aromatic heterocycles. The number of hydrogen-bond acceptors (Lipinski definition) is 3. The van der Waals surface area contributed by atoms with Crippen molar-refractivity contribution < 1.29 is 14.2 Å². The van der Waals surface area contributed by atoms with Crippen LogP contribution in [0.3, 0.4) is 0 Å². The standard InChI is InChI=1S/C16H16BrClO3/c1-19-12-6-11(7-13(9-12)20-2)16(18)10-4-5-15(21-3)14(17)8-10/h4-9,16H,1-3H3. The molecule has 112 valence electrons. The lowest BCUT2D eigenvalue weighted by atomic mass is 10.0. The third kappa shape index (κ3) is 3.63. The Morgan fingerprint density at radius 2 is 1.48 bits per heavy atom. The lowest BCUT2D eigenvalue weighted by molar-refractivity contribution is 0.393. The lowest BCUT2D eigenvalue weighted by Crippen LogP contribution is -1.97. The summed E-state index contributed by atoms with van der Waals surface area (Å²) >= 11 is 10.1. The van der Waals surface area contributed by atoms with Gasteiger partial charge in [-0.1, -0.05) is 6.07 Å². The predicted molar refractivity (Wildman–Crippen MR) is 87.9 cm³/mol. The van der Waals surface area contributed by atoms with Crippen LogP contribution in [0.25, 0.3) is 0 Å². The van der Waals surface area contributed by atoms with E-state index in [2.05, 4.69) is 15.9 Å². The smallest absolute Gasteiger partial charge is 0.133 e. The minimum absolute atomic E-state index is 0.309. The second-order valence-electron chi connectivity index (χ2n) is 4.40. The molecule has 2 rings (SSSR count). The average molecular weight is 372 g/mol. The van der Waals surface area contributed by atoms with Crippen LogP contribution in [0.1, 0.15) is 16.5 Å². The first-order valence-electron chi connectivity index (χ1n) is 6.29. The third-order valence-corrected chi connectivity index (χ3v) is 4.26. The minimum atomic E-state index is -0.309. The van der Waals surface area contributed by atoms with Crippen molar-refractivity contribution in [1.82, 2.24) is 0 Å². The fourth-order valence-electron chi connectivity index (χ4n) is 2.01. The molecule has 0 saturated heterocycles. The van der Waals surface area contributed by atoms with Crippen LogP contribution in [0.15, 0.2) is 40.9 Å². The van der Waals surface area contributed by atoms with Crippen LogP contribution < -0.4 is 14.2 Å². The van der Waals surface area contributed by atoms with E-state index in [4.69, 9.17) is 25.8 Å². The number of hydrogen-bond donors (Lipinski definition) is 0. The van der Waals surface area contributed by atoms with Gasteiger partial charge in [0.25, 0.3) is 0 Å². The van der Waals surface area contributed by atoms with Gasteiger partial charge in [-0.3, -0.25) is 0 Å². The minimum Gasteiger partial charge on any atom is -0.497 e. The molecule has 0 aliphatic heterocycles. The van der Waals surface area contributed by atoms with Crippen LogP contribution in [0.5, 0.6) is 17.2 Å². The molecule has 0 spiro atoms. The van der Waals surface area contributed by atoms with Crippen molar-refractivity contribution >= 4 is 27.5 Å². The Morgan fingerprint density at radius 1 is 0.857 bits per heavy atom. The Bertz CT molecular complexity index is 609. The number of ether oxygens (including phenoxy) is 3. The van der Waals surface area contributed by atoms with Gasteiger partial charge in [-0.15, -0.1) is 11.6 Å². The maximum Gasteiger partial charge on any atom is 0.133 e. The molecule has 2 aromatic carbocycles. The molecule has 0 bridgehead atoms. The lowest BCUT2D eigenvalue weighted by Gasteiger charge is -2.15. The first-order valence-corrected chi connectivity index (χ1v) is 7.52. The Kier molecular flexibility index (Phi) is 5.37. The normalized spacial score (nSPS) is 11.9. The van der Waals surface area contributed by atoms with Crippen LogP contribution in [0, 0.1) is 0 Å². The molecule has 0 N–H and O–H groups in total. The molecule has 0 radical (unpaired) electrons. The molecule has 2 aromatic rings. The van der Waals surface area contributed by atoms with Crippen molar-refractivity contribution in [1.29, 1.82) is 0 Å². The Hall–Kier alpha value is -1.39. The van der Waals surface area contributed by atoms with Gasteiger partial charge in [0.05, 0.1) is 31.2 Å². The van der Waals surface area contributed by atoms with Crippen LogP contribution in [0.4, 0.5) is 0 Å². The van der Waals surface area contributed by atoms with Gasteiger partial charge >= 0.3 is 0 Å². The summed E-state index contributed by atoms with van der Waals surface area (Å²) in [5, 5.41) is -0.309. The first-order chi connectivity index (χ1) is 10.1. The van der Waals surface area contributed by atoms with E-state index in [0.717, 1.165) is 21.3 Å². The number of rotatable bonds is 5. The maximum absolute atomic E-state index is 6.58. The quantitative estimate of drug-likeness (QED) is 0.706. The van der Waals surface area contributed by atoms with E-state index in [1.54, 1.807) is 21.3 Å². The van der Waals surface area contributed by atoms with Crippen molar-refractivity contribution in [3.63, 3.8) is 0 Å². The van der Waals surface area contributed by atoms with Gasteiger partial charge < -0.3 is 14.2 Å². The number of halogens is 2. The molecular weight excluding hydrogens is 356 g/mol. The van der Waals surface area contributed by atoms with Gasteiger partial charge in [0, 0.05) is 6.07 Å². The molecule has 0 saturated carbocycles. The van der Waals surface area contributed by atoms with Crippen LogP contribution in [0.2, 0.25) is 0 Å². The van der Waals surface area contributed by atoms with E-state index >= 15 is 0 Å². The van der Waals surface area contributed by atoms with Gasteiger partial charge in [-0.25, -0.2) is 0 Å². The summed E-state index contributed by atoms with van der Waals surface area (Å²) < 4.78 is 16.6. The van der Waals surface area contributed by atoms with Crippen LogP contribution in [-0.4, -0.2) is 21.3 Å². The molecule has 3 nitrogen and oxygen atoms in total. The van der Waals surface area contributed by atoms with Crippen molar-refractivity contribution in [3.05, 3.63) is 52.0 Å². The highest BCUT2D eigenvalue weighted by Crippen LogP contribution is 2.36. The van der Waals surface area contributed by atoms with Crippen molar-refractivity contribution in [2.45, 2.75) is 5.38 Å². The molecule has 0 aliphatic rings. The third-order valence-electron chi connectivity index (χ3n) is 3.13. The van der Waals surface area contributed by atoms with Gasteiger partial charge in [-0.05, 0) is 51.3 Å². The summed E-state index contributed by atoms with van der Waals surface area (Å²) in [7, 11) is 4.86. The number of benzene rings is 2. The molecule has 0 fully saturated rings. The van der Waals surface area contributed by atoms with E-state index < -0.39 is 0 Å². The molecule has 21 heavy (non-hydrogen) atoms. The van der Waals surface area contributed by atoms with Crippen LogP contribution in [-0.2, 0) is 0 Å². The van der Waals surface area contributed by atoms with Gasteiger partial charge in [0.1, 0.15) is 17.2 Å². The van der Waals surface area contributed by atoms with Crippen molar-refractivity contribution in [2.75, 3.05) is 21.3 Å². The van der Waals surface area contributed by atoms with Gasteiger partial charge in [-0.2, -0.15) is 0 Å². The zero-order chi connectivity index (χ0) is 15.4. The van der Waals surface area contributed by atoms with Gasteiger partial charge in [0.2, 0.25) is 0 Å². The second-order valence-corrected chi connectivity index (χ2v) is 5.69. The molecular formula is C16H16BrClO3. The largest absolute Gasteiger partial charge is 0.497 e. The topological polar surface area (TPSA) is 27.7 Å². The van der Waals surface area contributed by atoms with E-state index in [1.807, 2.05) is 36.4 Å². The van der Waals surface area contributed by atoms with Crippen molar-refractivity contribution in [3.8, 4) is 17.2 Å². The first kappa shape index (κ1) is 16.0. The Balaban J connectivity index is 2.39. The summed E-state index contributed by atoms with van der Waals surface area (Å²) in [6, 6.07) is 11.4. The molecule has 0 heterocycles. The number of alkyl halides is 1. The molecule has 5 heteroatoms. The highest BCUT2D eigenvalue weighted by molar-refractivity contribution is 9.10. The summed E-state index contributed by atoms with van der Waals surface area (Å²) in [6.45, 7) is 0. The summed E-state index contributed by atoms with van der Waals surface area (Å²) in [5.74, 6) is 2.19. The fourth-order valence-corrected chi connectivity index (χ4v) is 2.83. The van der Waals surface area contributed by atoms with E-state index in [-0.39, 0.29) is 5.38 Å². The zero-order valence-electron chi connectivity index (χ0n) is 12.0. The second kappa shape index (κ2) is 7.05. The Morgan fingerprint density at radius 3 is 1.95 bits per heavy atom. The molecule has 1 unspecified atom stereocenters. The Labute approximate surface area is 137 Å². The summed E-state index contributed by atoms with van der Waals surface area (Å²) in [6.07, 6.45) is 0. The SMILES string of the molecule is COc1cc(OC)cc(C(Cl)c2ccc(OC)c(Br)c2)c1. The van der Waals surface area contributed by atoms with Gasteiger partial charge in [0.15, 0.2) is 0 Å². The highest BCUT2D eigenvalue weighted by atomic mass is 79.9. The maximum atomic E-state index is 6.58. The monoisotopic (exact) mass is 370 g/mol. The summed E-state index contributed by atoms with van der Waals surface area (Å²) in [5.41, 5.74) is 1.87. The van der Waals surface area contributed by atoms with E-state index in [0.29, 0.717) is 11.5 Å². The van der Waals surface area contributed by atoms with E-state index in [9.17, 15) is 0 Å². The molecule has 0 aliphatic carbocycles. The fraction of sp³-hybridized carbons (Fsp3) is 0.250. The molecule has 1 atom stereocenters. The predicted octanol–water partition coefficient (Wildman–Crippen LogP) is 4.80. The van der Waals surface area contributed by atoms with Crippen molar-refractivity contribution in [2.24, 2.45) is 0 Å².